The molecule has 3 aromatic rings. The number of aryl methyl sites for hydroxylation is 2. The quantitative estimate of drug-likeness (QED) is 0.537. The summed E-state index contributed by atoms with van der Waals surface area (Å²) >= 11 is 0. The Balaban J connectivity index is 1.59. The number of ketones is 1. The number of Topliss-reactive ketones (excluding diaryl/α,β-unsaturated/α-hetero) is 1. The Morgan fingerprint density at radius 3 is 2.69 bits per heavy atom. The summed E-state index contributed by atoms with van der Waals surface area (Å²) in [6.45, 7) is 2.80. The number of aromatic nitrogens is 3. The van der Waals surface area contributed by atoms with E-state index in [-0.39, 0.29) is 29.9 Å². The molecule has 0 aliphatic heterocycles. The molecular weight excluding hydrogens is 374 g/mol. The number of hydrogen-bond acceptors (Lipinski definition) is 6. The van der Waals surface area contributed by atoms with Crippen LogP contribution in [0.15, 0.2) is 41.3 Å². The van der Waals surface area contributed by atoms with Gasteiger partial charge in [-0.3, -0.25) is 4.79 Å². The number of carbonyl (C=O) groups excluding carboxylic acids is 1. The van der Waals surface area contributed by atoms with Crippen molar-refractivity contribution >= 4 is 11.8 Å². The largest absolute Gasteiger partial charge is 0.506 e. The van der Waals surface area contributed by atoms with Crippen LogP contribution < -0.4 is 0 Å². The molecule has 0 unspecified atom stereocenters. The van der Waals surface area contributed by atoms with Crippen molar-refractivity contribution in [3.05, 3.63) is 53.8 Å². The average molecular weight is 397 g/mol. The van der Waals surface area contributed by atoms with Crippen molar-refractivity contribution in [2.75, 3.05) is 0 Å². The fraction of sp³-hybridized carbons (Fsp3) is 0.333. The minimum atomic E-state index is -1.02. The van der Waals surface area contributed by atoms with Crippen molar-refractivity contribution in [1.29, 1.82) is 0 Å². The van der Waals surface area contributed by atoms with Crippen LogP contribution in [0.1, 0.15) is 47.9 Å². The zero-order valence-electron chi connectivity index (χ0n) is 16.2. The van der Waals surface area contributed by atoms with Crippen LogP contribution in [0.3, 0.4) is 0 Å². The molecule has 0 fully saturated rings. The van der Waals surface area contributed by atoms with Crippen molar-refractivity contribution in [2.45, 2.75) is 45.6 Å². The summed E-state index contributed by atoms with van der Waals surface area (Å²) < 4.78 is 7.45. The maximum Gasteiger partial charge on any atom is 0.337 e. The van der Waals surface area contributed by atoms with Gasteiger partial charge in [0, 0.05) is 38.2 Å². The van der Waals surface area contributed by atoms with E-state index in [9.17, 15) is 19.8 Å². The van der Waals surface area contributed by atoms with Gasteiger partial charge < -0.3 is 19.2 Å². The molecule has 0 saturated carbocycles. The predicted octanol–water partition coefficient (Wildman–Crippen LogP) is 3.49. The van der Waals surface area contributed by atoms with E-state index in [4.69, 9.17) is 4.42 Å². The number of unbranched alkanes of at least 4 members (excludes halogenated alkanes) is 1. The first-order valence-corrected chi connectivity index (χ1v) is 9.50. The fourth-order valence-corrected chi connectivity index (χ4v) is 2.98. The Morgan fingerprint density at radius 2 is 2.00 bits per heavy atom. The minimum Gasteiger partial charge on any atom is -0.506 e. The number of oxazole rings is 1. The lowest BCUT2D eigenvalue weighted by Crippen LogP contribution is -2.07. The number of aromatic hydroxyl groups is 1. The van der Waals surface area contributed by atoms with Crippen LogP contribution in [0.4, 0.5) is 0 Å². The smallest absolute Gasteiger partial charge is 0.337 e. The van der Waals surface area contributed by atoms with E-state index in [2.05, 4.69) is 16.9 Å². The van der Waals surface area contributed by atoms with Crippen LogP contribution in [-0.4, -0.2) is 36.5 Å². The summed E-state index contributed by atoms with van der Waals surface area (Å²) in [6.07, 6.45) is 8.80. The van der Waals surface area contributed by atoms with E-state index in [1.165, 1.54) is 12.3 Å². The highest BCUT2D eigenvalue weighted by Gasteiger charge is 2.17. The van der Waals surface area contributed by atoms with Crippen molar-refractivity contribution in [2.24, 2.45) is 0 Å². The summed E-state index contributed by atoms with van der Waals surface area (Å²) in [5.41, 5.74) is 1.19. The normalized spacial score (nSPS) is 10.9. The molecule has 0 amide bonds. The van der Waals surface area contributed by atoms with Gasteiger partial charge in [-0.15, -0.1) is 0 Å². The molecule has 152 valence electrons. The summed E-state index contributed by atoms with van der Waals surface area (Å²) in [5.74, 6) is -0.183. The minimum absolute atomic E-state index is 0.0513. The number of nitrogens with zero attached hydrogens (tertiary/aromatic N) is 3. The third-order valence-corrected chi connectivity index (χ3v) is 4.52. The molecule has 0 radical (unpaired) electrons. The third-order valence-electron chi connectivity index (χ3n) is 4.52. The molecular formula is C21H23N3O5. The van der Waals surface area contributed by atoms with Crippen LogP contribution in [0.2, 0.25) is 0 Å². The van der Waals surface area contributed by atoms with Crippen molar-refractivity contribution < 1.29 is 24.2 Å². The molecule has 0 aliphatic carbocycles. The average Bonchev–Trinajstić information content (AvgIpc) is 3.32. The molecule has 3 rings (SSSR count). The molecule has 0 saturated heterocycles. The van der Waals surface area contributed by atoms with Crippen LogP contribution in [0.25, 0.3) is 11.6 Å². The van der Waals surface area contributed by atoms with E-state index in [0.717, 1.165) is 19.4 Å². The van der Waals surface area contributed by atoms with Gasteiger partial charge in [0.15, 0.2) is 0 Å². The van der Waals surface area contributed by atoms with Crippen LogP contribution >= 0.6 is 0 Å². The lowest BCUT2D eigenvalue weighted by molar-refractivity contribution is -0.118. The molecule has 0 bridgehead atoms. The SMILES string of the molecule is CCCCn1cc(CC(=O)CCc2cnc(-c3ccc(O)cn3)o2)c(C(=O)O)c1. The Bertz CT molecular complexity index is 988. The Hall–Kier alpha value is -3.42. The van der Waals surface area contributed by atoms with Crippen LogP contribution in [-0.2, 0) is 24.2 Å². The van der Waals surface area contributed by atoms with Crippen molar-refractivity contribution in [1.82, 2.24) is 14.5 Å². The molecule has 0 spiro atoms. The topological polar surface area (TPSA) is 118 Å². The monoisotopic (exact) mass is 397 g/mol. The number of aromatic carboxylic acids is 1. The molecule has 0 aromatic carbocycles. The van der Waals surface area contributed by atoms with Gasteiger partial charge in [-0.1, -0.05) is 13.3 Å². The van der Waals surface area contributed by atoms with Crippen molar-refractivity contribution in [3.63, 3.8) is 0 Å². The van der Waals surface area contributed by atoms with Crippen LogP contribution in [0.5, 0.6) is 5.75 Å². The summed E-state index contributed by atoms with van der Waals surface area (Å²) in [7, 11) is 0. The van der Waals surface area contributed by atoms with Gasteiger partial charge in [0.25, 0.3) is 0 Å². The molecule has 8 heteroatoms. The number of rotatable bonds is 10. The van der Waals surface area contributed by atoms with Gasteiger partial charge in [0.2, 0.25) is 5.89 Å². The molecule has 3 heterocycles. The second-order valence-corrected chi connectivity index (χ2v) is 6.84. The Labute approximate surface area is 167 Å². The molecule has 2 N–H and O–H groups in total. The number of carboxylic acid groups (broad SMARTS) is 1. The zero-order chi connectivity index (χ0) is 20.8. The number of pyridine rings is 1. The standard InChI is InChI=1S/C21H23N3O5/c1-2-3-8-24-12-14(18(13-24)21(27)28)9-15(25)4-6-17-11-23-20(29-17)19-7-5-16(26)10-22-19/h5,7,10-13,26H,2-4,6,8-9H2,1H3,(H,27,28). The van der Waals surface area contributed by atoms with E-state index >= 15 is 0 Å². The first-order valence-electron chi connectivity index (χ1n) is 9.50. The second kappa shape index (κ2) is 9.18. The van der Waals surface area contributed by atoms with Gasteiger partial charge in [-0.05, 0) is 24.1 Å². The highest BCUT2D eigenvalue weighted by Crippen LogP contribution is 2.20. The van der Waals surface area contributed by atoms with Crippen molar-refractivity contribution in [3.8, 4) is 17.3 Å². The van der Waals surface area contributed by atoms with E-state index in [1.807, 2.05) is 4.57 Å². The number of hydrogen-bond donors (Lipinski definition) is 2. The maximum atomic E-state index is 12.4. The number of carbonyl (C=O) groups is 2. The summed E-state index contributed by atoms with van der Waals surface area (Å²) in [5, 5.41) is 18.7. The molecule has 8 nitrogen and oxygen atoms in total. The molecule has 0 aliphatic rings. The predicted molar refractivity (Wildman–Crippen MR) is 105 cm³/mol. The molecule has 0 atom stereocenters. The fourth-order valence-electron chi connectivity index (χ4n) is 2.98. The van der Waals surface area contributed by atoms with Crippen LogP contribution in [0, 0.1) is 0 Å². The molecule has 29 heavy (non-hydrogen) atoms. The van der Waals surface area contributed by atoms with E-state index in [0.29, 0.717) is 29.3 Å². The zero-order valence-corrected chi connectivity index (χ0v) is 16.2. The lowest BCUT2D eigenvalue weighted by atomic mass is 10.0. The maximum absolute atomic E-state index is 12.4. The van der Waals surface area contributed by atoms with Gasteiger partial charge in [0.05, 0.1) is 18.0 Å². The molecule has 3 aromatic heterocycles. The first kappa shape index (κ1) is 20.3. The summed E-state index contributed by atoms with van der Waals surface area (Å²) in [4.78, 5) is 32.0. The highest BCUT2D eigenvalue weighted by atomic mass is 16.4. The Morgan fingerprint density at radius 1 is 1.17 bits per heavy atom. The van der Waals surface area contributed by atoms with Gasteiger partial charge in [0.1, 0.15) is 23.0 Å². The van der Waals surface area contributed by atoms with Gasteiger partial charge in [-0.2, -0.15) is 0 Å². The van der Waals surface area contributed by atoms with E-state index < -0.39 is 5.97 Å². The first-order chi connectivity index (χ1) is 14.0. The Kier molecular flexibility index (Phi) is 6.43. The number of carboxylic acids is 1. The summed E-state index contributed by atoms with van der Waals surface area (Å²) in [6, 6.07) is 3.08. The van der Waals surface area contributed by atoms with E-state index in [1.54, 1.807) is 24.7 Å². The van der Waals surface area contributed by atoms with Gasteiger partial charge in [-0.25, -0.2) is 14.8 Å². The van der Waals surface area contributed by atoms with Gasteiger partial charge >= 0.3 is 5.97 Å². The second-order valence-electron chi connectivity index (χ2n) is 6.84. The highest BCUT2D eigenvalue weighted by molar-refractivity contribution is 5.92. The third kappa shape index (κ3) is 5.31. The lowest BCUT2D eigenvalue weighted by Gasteiger charge is -2.01.